The summed E-state index contributed by atoms with van der Waals surface area (Å²) in [4.78, 5) is 4.55. The normalized spacial score (nSPS) is 11.9. The molecule has 1 nitrogen and oxygen atoms in total. The number of nitrogens with zero attached hydrogens (tertiary/aromatic N) is 1. The van der Waals surface area contributed by atoms with E-state index in [1.807, 2.05) is 6.92 Å². The molecule has 2 heteroatoms. The lowest BCUT2D eigenvalue weighted by Gasteiger charge is -2.22. The average molecular weight is 247 g/mol. The molecule has 0 aromatic carbocycles. The fraction of sp³-hybridized carbons (Fsp3) is 0.533. The van der Waals surface area contributed by atoms with Crippen molar-refractivity contribution < 1.29 is 0 Å². The number of allylic oxidation sites excluding steroid dienone is 1. The predicted octanol–water partition coefficient (Wildman–Crippen LogP) is 3.86. The van der Waals surface area contributed by atoms with Crippen LogP contribution in [0, 0.1) is 5.92 Å². The van der Waals surface area contributed by atoms with Crippen LogP contribution in [0.3, 0.4) is 0 Å². The van der Waals surface area contributed by atoms with Crippen molar-refractivity contribution in [1.29, 1.82) is 0 Å². The van der Waals surface area contributed by atoms with Crippen molar-refractivity contribution in [3.8, 4) is 0 Å². The van der Waals surface area contributed by atoms with Crippen LogP contribution in [0.5, 0.6) is 0 Å². The van der Waals surface area contributed by atoms with Gasteiger partial charge in [0.2, 0.25) is 0 Å². The number of aromatic nitrogens is 1. The highest BCUT2D eigenvalue weighted by molar-refractivity contribution is 6.89. The third-order valence-corrected chi connectivity index (χ3v) is 4.93. The minimum absolute atomic E-state index is 0.686. The van der Waals surface area contributed by atoms with Gasteiger partial charge in [0.1, 0.15) is 0 Å². The van der Waals surface area contributed by atoms with E-state index < -0.39 is 8.07 Å². The minimum Gasteiger partial charge on any atom is -0.257 e. The van der Waals surface area contributed by atoms with Gasteiger partial charge in [0.15, 0.2) is 0 Å². The van der Waals surface area contributed by atoms with Gasteiger partial charge in [-0.1, -0.05) is 40.1 Å². The second kappa shape index (κ2) is 5.17. The first kappa shape index (κ1) is 14.2. The Labute approximate surface area is 107 Å². The van der Waals surface area contributed by atoms with Gasteiger partial charge in [0, 0.05) is 6.20 Å². The summed E-state index contributed by atoms with van der Waals surface area (Å²) in [5.41, 5.74) is 3.58. The standard InChI is InChI=1S/C15H25NSi/c1-11(2)8-13-9-14(12(3)4)16-10-15(13)17(5,6)7/h9-11H,3,8H2,1-2,4-7H3. The molecule has 0 unspecified atom stereocenters. The molecule has 0 aliphatic carbocycles. The molecule has 0 spiro atoms. The van der Waals surface area contributed by atoms with Gasteiger partial charge in [-0.2, -0.15) is 0 Å². The fourth-order valence-corrected chi connectivity index (χ4v) is 3.60. The molecule has 0 aliphatic rings. The number of pyridine rings is 1. The van der Waals surface area contributed by atoms with Crippen LogP contribution in [0.2, 0.25) is 19.6 Å². The Bertz CT molecular complexity index is 413. The Morgan fingerprint density at radius 2 is 1.94 bits per heavy atom. The average Bonchev–Trinajstić information content (AvgIpc) is 2.14. The predicted molar refractivity (Wildman–Crippen MR) is 80.5 cm³/mol. The molecule has 17 heavy (non-hydrogen) atoms. The molecular formula is C15H25NSi. The van der Waals surface area contributed by atoms with Gasteiger partial charge in [-0.05, 0) is 41.7 Å². The van der Waals surface area contributed by atoms with Crippen LogP contribution < -0.4 is 5.19 Å². The zero-order valence-corrected chi connectivity index (χ0v) is 13.1. The smallest absolute Gasteiger partial charge is 0.0799 e. The summed E-state index contributed by atoms with van der Waals surface area (Å²) in [5.74, 6) is 0.686. The maximum absolute atomic E-state index is 4.55. The van der Waals surface area contributed by atoms with E-state index in [2.05, 4.69) is 57.3 Å². The SMILES string of the molecule is C=C(C)c1cc(CC(C)C)c([Si](C)(C)C)cn1. The first-order valence-electron chi connectivity index (χ1n) is 6.37. The summed E-state index contributed by atoms with van der Waals surface area (Å²) < 4.78 is 0. The summed E-state index contributed by atoms with van der Waals surface area (Å²) in [7, 11) is -1.29. The number of rotatable bonds is 4. The van der Waals surface area contributed by atoms with E-state index >= 15 is 0 Å². The van der Waals surface area contributed by atoms with Crippen LogP contribution in [0.25, 0.3) is 5.57 Å². The van der Waals surface area contributed by atoms with E-state index in [0.717, 1.165) is 17.7 Å². The third kappa shape index (κ3) is 3.81. The fourth-order valence-electron chi connectivity index (χ4n) is 2.01. The Morgan fingerprint density at radius 3 is 2.35 bits per heavy atom. The van der Waals surface area contributed by atoms with Crippen LogP contribution in [0.15, 0.2) is 18.8 Å². The summed E-state index contributed by atoms with van der Waals surface area (Å²) in [5, 5.41) is 1.50. The molecule has 1 aromatic rings. The van der Waals surface area contributed by atoms with Crippen molar-refractivity contribution in [3.63, 3.8) is 0 Å². The van der Waals surface area contributed by atoms with Crippen LogP contribution >= 0.6 is 0 Å². The van der Waals surface area contributed by atoms with E-state index in [9.17, 15) is 0 Å². The molecule has 0 saturated heterocycles. The molecule has 0 fully saturated rings. The van der Waals surface area contributed by atoms with Gasteiger partial charge in [0.05, 0.1) is 13.8 Å². The van der Waals surface area contributed by atoms with Crippen molar-refractivity contribution in [2.24, 2.45) is 5.92 Å². The van der Waals surface area contributed by atoms with Gasteiger partial charge in [-0.25, -0.2) is 0 Å². The summed E-state index contributed by atoms with van der Waals surface area (Å²) in [6, 6.07) is 2.25. The Balaban J connectivity index is 3.26. The minimum atomic E-state index is -1.29. The van der Waals surface area contributed by atoms with Crippen molar-refractivity contribution in [1.82, 2.24) is 4.98 Å². The lowest BCUT2D eigenvalue weighted by atomic mass is 10.0. The van der Waals surface area contributed by atoms with E-state index in [1.54, 1.807) is 0 Å². The maximum Gasteiger partial charge on any atom is 0.0799 e. The quantitative estimate of drug-likeness (QED) is 0.736. The Hall–Kier alpha value is -0.893. The molecule has 0 radical (unpaired) electrons. The lowest BCUT2D eigenvalue weighted by molar-refractivity contribution is 0.648. The highest BCUT2D eigenvalue weighted by atomic mass is 28.3. The number of hydrogen-bond acceptors (Lipinski definition) is 1. The molecule has 0 N–H and O–H groups in total. The molecule has 0 bridgehead atoms. The largest absolute Gasteiger partial charge is 0.257 e. The first-order valence-corrected chi connectivity index (χ1v) is 9.87. The first-order chi connectivity index (χ1) is 7.71. The van der Waals surface area contributed by atoms with Crippen LogP contribution in [-0.2, 0) is 6.42 Å². The summed E-state index contributed by atoms with van der Waals surface area (Å²) in [6.07, 6.45) is 3.23. The third-order valence-electron chi connectivity index (χ3n) is 2.86. The van der Waals surface area contributed by atoms with Crippen molar-refractivity contribution in [3.05, 3.63) is 30.1 Å². The lowest BCUT2D eigenvalue weighted by Crippen LogP contribution is -2.41. The molecule has 94 valence electrons. The van der Waals surface area contributed by atoms with Crippen LogP contribution in [0.4, 0.5) is 0 Å². The van der Waals surface area contributed by atoms with Gasteiger partial charge in [0.25, 0.3) is 0 Å². The van der Waals surface area contributed by atoms with Gasteiger partial charge >= 0.3 is 0 Å². The van der Waals surface area contributed by atoms with Gasteiger partial charge in [-0.3, -0.25) is 4.98 Å². The Kier molecular flexibility index (Phi) is 4.31. The van der Waals surface area contributed by atoms with E-state index in [1.165, 1.54) is 10.8 Å². The highest BCUT2D eigenvalue weighted by Crippen LogP contribution is 2.15. The van der Waals surface area contributed by atoms with E-state index in [4.69, 9.17) is 0 Å². The second-order valence-corrected chi connectivity index (χ2v) is 11.4. The molecular weight excluding hydrogens is 222 g/mol. The maximum atomic E-state index is 4.55. The van der Waals surface area contributed by atoms with Crippen molar-refractivity contribution in [2.45, 2.75) is 46.8 Å². The molecule has 1 aromatic heterocycles. The van der Waals surface area contributed by atoms with Gasteiger partial charge in [-0.15, -0.1) is 0 Å². The number of hydrogen-bond donors (Lipinski definition) is 0. The molecule has 0 saturated carbocycles. The second-order valence-electron chi connectivity index (χ2n) is 6.35. The van der Waals surface area contributed by atoms with Crippen LogP contribution in [-0.4, -0.2) is 13.1 Å². The zero-order chi connectivity index (χ0) is 13.2. The Morgan fingerprint density at radius 1 is 1.35 bits per heavy atom. The van der Waals surface area contributed by atoms with E-state index in [-0.39, 0.29) is 0 Å². The van der Waals surface area contributed by atoms with Crippen LogP contribution in [0.1, 0.15) is 32.0 Å². The van der Waals surface area contributed by atoms with Gasteiger partial charge < -0.3 is 0 Å². The molecule has 1 heterocycles. The summed E-state index contributed by atoms with van der Waals surface area (Å²) >= 11 is 0. The zero-order valence-electron chi connectivity index (χ0n) is 12.1. The highest BCUT2D eigenvalue weighted by Gasteiger charge is 2.21. The van der Waals surface area contributed by atoms with Crippen molar-refractivity contribution >= 4 is 18.8 Å². The molecule has 0 atom stereocenters. The summed E-state index contributed by atoms with van der Waals surface area (Å²) in [6.45, 7) is 17.7. The van der Waals surface area contributed by atoms with E-state index in [0.29, 0.717) is 5.92 Å². The molecule has 0 aliphatic heterocycles. The monoisotopic (exact) mass is 247 g/mol. The molecule has 1 rings (SSSR count). The topological polar surface area (TPSA) is 12.9 Å². The molecule has 0 amide bonds. The van der Waals surface area contributed by atoms with Crippen molar-refractivity contribution in [2.75, 3.05) is 0 Å².